The van der Waals surface area contributed by atoms with Crippen LogP contribution in [-0.4, -0.2) is 26.6 Å². The van der Waals surface area contributed by atoms with Crippen LogP contribution in [0.25, 0.3) is 0 Å². The minimum Gasteiger partial charge on any atom is -0.384 e. The highest BCUT2D eigenvalue weighted by Gasteiger charge is 2.24. The van der Waals surface area contributed by atoms with Crippen LogP contribution < -0.4 is 10.0 Å². The number of benzene rings is 1. The third kappa shape index (κ3) is 2.58. The summed E-state index contributed by atoms with van der Waals surface area (Å²) in [4.78, 5) is 0. The number of hydrogen-bond donors (Lipinski definition) is 2. The smallest absolute Gasteiger partial charge is 0.237 e. The number of hydrogen-bond acceptors (Lipinski definition) is 3. The van der Waals surface area contributed by atoms with E-state index in [1.165, 1.54) is 11.4 Å². The number of para-hydroxylation sites is 1. The van der Waals surface area contributed by atoms with Crippen LogP contribution in [-0.2, 0) is 10.0 Å². The van der Waals surface area contributed by atoms with Gasteiger partial charge in [-0.15, -0.1) is 0 Å². The summed E-state index contributed by atoms with van der Waals surface area (Å²) in [6.45, 7) is 3.23. The molecule has 0 aliphatic rings. The maximum Gasteiger partial charge on any atom is 0.237 e. The molecule has 0 heterocycles. The maximum atomic E-state index is 12.0. The van der Waals surface area contributed by atoms with Gasteiger partial charge in [0.15, 0.2) is 0 Å². The number of sulfonamides is 1. The van der Waals surface area contributed by atoms with Gasteiger partial charge in [-0.2, -0.15) is 0 Å². The molecule has 0 fully saturated rings. The zero-order chi connectivity index (χ0) is 13.2. The number of nitrogens with one attached hydrogen (secondary N) is 1. The van der Waals surface area contributed by atoms with Crippen molar-refractivity contribution in [1.82, 2.24) is 0 Å². The van der Waals surface area contributed by atoms with E-state index in [4.69, 9.17) is 11.1 Å². The molecule has 1 aromatic carbocycles. The van der Waals surface area contributed by atoms with E-state index in [9.17, 15) is 8.42 Å². The molecule has 0 atom stereocenters. The second-order valence-corrected chi connectivity index (χ2v) is 6.51. The number of amidine groups is 1. The van der Waals surface area contributed by atoms with E-state index in [0.29, 0.717) is 11.3 Å². The number of nitrogen functional groups attached to an aromatic ring is 1. The summed E-state index contributed by atoms with van der Waals surface area (Å²) < 4.78 is 25.2. The Bertz CT molecular complexity index is 523. The van der Waals surface area contributed by atoms with Crippen molar-refractivity contribution in [1.29, 1.82) is 5.41 Å². The molecule has 0 radical (unpaired) electrons. The van der Waals surface area contributed by atoms with Gasteiger partial charge in [0.25, 0.3) is 0 Å². The fourth-order valence-corrected chi connectivity index (χ4v) is 2.50. The van der Waals surface area contributed by atoms with Gasteiger partial charge in [-0.05, 0) is 26.0 Å². The first-order valence-electron chi connectivity index (χ1n) is 5.19. The van der Waals surface area contributed by atoms with E-state index in [1.54, 1.807) is 38.1 Å². The molecule has 6 heteroatoms. The van der Waals surface area contributed by atoms with Crippen molar-refractivity contribution in [2.75, 3.05) is 11.4 Å². The van der Waals surface area contributed by atoms with Crippen LogP contribution >= 0.6 is 0 Å². The number of anilines is 1. The minimum atomic E-state index is -3.40. The molecule has 0 spiro atoms. The van der Waals surface area contributed by atoms with Crippen molar-refractivity contribution in [3.05, 3.63) is 29.8 Å². The van der Waals surface area contributed by atoms with Crippen molar-refractivity contribution in [3.63, 3.8) is 0 Å². The van der Waals surface area contributed by atoms with Crippen LogP contribution in [0, 0.1) is 5.41 Å². The molecule has 0 aromatic heterocycles. The number of rotatable bonds is 4. The molecule has 0 amide bonds. The summed E-state index contributed by atoms with van der Waals surface area (Å²) in [5.74, 6) is -0.147. The highest BCUT2D eigenvalue weighted by atomic mass is 32.2. The second-order valence-electron chi connectivity index (χ2n) is 3.99. The van der Waals surface area contributed by atoms with Crippen LogP contribution in [0.5, 0.6) is 0 Å². The molecule has 3 N–H and O–H groups in total. The van der Waals surface area contributed by atoms with E-state index in [1.807, 2.05) is 0 Å². The Morgan fingerprint density at radius 1 is 1.35 bits per heavy atom. The maximum absolute atomic E-state index is 12.0. The number of nitrogens with zero attached hydrogens (tertiary/aromatic N) is 1. The summed E-state index contributed by atoms with van der Waals surface area (Å²) >= 11 is 0. The van der Waals surface area contributed by atoms with Crippen molar-refractivity contribution < 1.29 is 8.42 Å². The molecule has 94 valence electrons. The van der Waals surface area contributed by atoms with Gasteiger partial charge in [-0.25, -0.2) is 8.42 Å². The van der Waals surface area contributed by atoms with Crippen molar-refractivity contribution in [2.24, 2.45) is 5.73 Å². The quantitative estimate of drug-likeness (QED) is 0.625. The Kier molecular flexibility index (Phi) is 3.77. The molecule has 5 nitrogen and oxygen atoms in total. The Morgan fingerprint density at radius 3 is 2.35 bits per heavy atom. The molecule has 0 aliphatic heterocycles. The van der Waals surface area contributed by atoms with Crippen LogP contribution in [0.4, 0.5) is 5.69 Å². The topological polar surface area (TPSA) is 87.2 Å². The van der Waals surface area contributed by atoms with Gasteiger partial charge in [0.1, 0.15) is 5.84 Å². The van der Waals surface area contributed by atoms with Crippen LogP contribution in [0.3, 0.4) is 0 Å². The summed E-state index contributed by atoms with van der Waals surface area (Å²) in [5, 5.41) is 6.92. The van der Waals surface area contributed by atoms with E-state index >= 15 is 0 Å². The first-order valence-corrected chi connectivity index (χ1v) is 6.70. The first kappa shape index (κ1) is 13.5. The Hall–Kier alpha value is -1.56. The monoisotopic (exact) mass is 255 g/mol. The SMILES string of the molecule is CC(C)S(=O)(=O)N(C)c1ccccc1C(=N)N. The van der Waals surface area contributed by atoms with Crippen molar-refractivity contribution in [3.8, 4) is 0 Å². The normalized spacial score (nSPS) is 11.5. The van der Waals surface area contributed by atoms with Gasteiger partial charge in [0.05, 0.1) is 10.9 Å². The summed E-state index contributed by atoms with van der Waals surface area (Å²) in [6, 6.07) is 6.70. The van der Waals surface area contributed by atoms with Crippen LogP contribution in [0.15, 0.2) is 24.3 Å². The van der Waals surface area contributed by atoms with E-state index in [0.717, 1.165) is 0 Å². The van der Waals surface area contributed by atoms with Crippen molar-refractivity contribution in [2.45, 2.75) is 19.1 Å². The average molecular weight is 255 g/mol. The van der Waals surface area contributed by atoms with Crippen molar-refractivity contribution >= 4 is 21.5 Å². The lowest BCUT2D eigenvalue weighted by atomic mass is 10.1. The van der Waals surface area contributed by atoms with E-state index < -0.39 is 15.3 Å². The van der Waals surface area contributed by atoms with Gasteiger partial charge in [0.2, 0.25) is 10.0 Å². The molecular weight excluding hydrogens is 238 g/mol. The molecule has 0 saturated carbocycles. The zero-order valence-corrected chi connectivity index (χ0v) is 11.0. The van der Waals surface area contributed by atoms with Crippen LogP contribution in [0.1, 0.15) is 19.4 Å². The second kappa shape index (κ2) is 4.75. The molecule has 1 aromatic rings. The molecule has 0 saturated heterocycles. The third-order valence-electron chi connectivity index (χ3n) is 2.51. The summed E-state index contributed by atoms with van der Waals surface area (Å²) in [5.41, 5.74) is 6.27. The first-order chi connectivity index (χ1) is 7.78. The predicted octanol–water partition coefficient (Wildman–Crippen LogP) is 1.15. The summed E-state index contributed by atoms with van der Waals surface area (Å²) in [7, 11) is -1.94. The lowest BCUT2D eigenvalue weighted by molar-refractivity contribution is 0.585. The minimum absolute atomic E-state index is 0.147. The summed E-state index contributed by atoms with van der Waals surface area (Å²) in [6.07, 6.45) is 0. The van der Waals surface area contributed by atoms with Gasteiger partial charge < -0.3 is 5.73 Å². The fraction of sp³-hybridized carbons (Fsp3) is 0.364. The Labute approximate surface area is 102 Å². The highest BCUT2D eigenvalue weighted by molar-refractivity contribution is 7.93. The largest absolute Gasteiger partial charge is 0.384 e. The molecule has 17 heavy (non-hydrogen) atoms. The lowest BCUT2D eigenvalue weighted by Crippen LogP contribution is -2.34. The lowest BCUT2D eigenvalue weighted by Gasteiger charge is -2.23. The number of nitrogens with two attached hydrogens (primary N) is 1. The molecular formula is C11H17N3O2S. The zero-order valence-electron chi connectivity index (χ0n) is 10.1. The standard InChI is InChI=1S/C11H17N3O2S/c1-8(2)17(15,16)14(3)10-7-5-4-6-9(10)11(12)13/h4-8H,1-3H3,(H3,12,13). The van der Waals surface area contributed by atoms with E-state index in [-0.39, 0.29) is 5.84 Å². The van der Waals surface area contributed by atoms with E-state index in [2.05, 4.69) is 0 Å². The molecule has 0 bridgehead atoms. The van der Waals surface area contributed by atoms with Gasteiger partial charge in [-0.3, -0.25) is 9.71 Å². The van der Waals surface area contributed by atoms with Gasteiger partial charge in [-0.1, -0.05) is 12.1 Å². The average Bonchev–Trinajstić information content (AvgIpc) is 2.27. The van der Waals surface area contributed by atoms with Crippen LogP contribution in [0.2, 0.25) is 0 Å². The van der Waals surface area contributed by atoms with Gasteiger partial charge >= 0.3 is 0 Å². The third-order valence-corrected chi connectivity index (χ3v) is 4.66. The highest BCUT2D eigenvalue weighted by Crippen LogP contribution is 2.23. The fourth-order valence-electron chi connectivity index (χ4n) is 1.43. The molecule has 0 unspecified atom stereocenters. The predicted molar refractivity (Wildman–Crippen MR) is 69.9 cm³/mol. The van der Waals surface area contributed by atoms with Gasteiger partial charge in [0, 0.05) is 12.6 Å². The molecule has 1 rings (SSSR count). The molecule has 0 aliphatic carbocycles. The Morgan fingerprint density at radius 2 is 1.88 bits per heavy atom. The Balaban J connectivity index is 3.31.